The SMILES string of the molecule is CCCCCCCCCCCCCCCCC(CCSSCCC(CCCCCCCCCCCCCCCC)[SiH](OCC)OCC)[SiH](OCC)OCC. The van der Waals surface area contributed by atoms with Gasteiger partial charge in [0.2, 0.25) is 0 Å². The molecule has 0 radical (unpaired) electrons. The highest BCUT2D eigenvalue weighted by molar-refractivity contribution is 8.76. The third-order valence-electron chi connectivity index (χ3n) is 11.2. The summed E-state index contributed by atoms with van der Waals surface area (Å²) in [6.07, 6.45) is 44.8. The Hall–Kier alpha value is 0.974. The molecule has 0 amide bonds. The fraction of sp³-hybridized carbons (Fsp3) is 1.00. The van der Waals surface area contributed by atoms with Gasteiger partial charge in [-0.25, -0.2) is 0 Å². The second-order valence-corrected chi connectivity index (χ2v) is 23.5. The van der Waals surface area contributed by atoms with Gasteiger partial charge in [0.25, 0.3) is 0 Å². The standard InChI is InChI=1S/C46H98O4S2Si2/c1-7-13-15-17-19-21-23-25-27-29-31-33-35-37-39-45(53(47-9-3)48-10-4)41-43-51-52-44-42-46(54(49-11-5)50-12-6)40-38-36-34-32-30-28-26-24-22-20-18-16-14-8-2/h45-46,53-54H,7-44H2,1-6H3. The van der Waals surface area contributed by atoms with E-state index in [1.165, 1.54) is 217 Å². The second kappa shape index (κ2) is 46.7. The first-order valence-corrected chi connectivity index (χ1v) is 30.1. The van der Waals surface area contributed by atoms with Crippen LogP contribution in [0, 0.1) is 0 Å². The van der Waals surface area contributed by atoms with Gasteiger partial charge in [-0.1, -0.05) is 215 Å². The zero-order valence-corrected chi connectivity index (χ0v) is 41.6. The molecule has 0 saturated carbocycles. The number of unbranched alkanes of at least 4 members (excludes halogenated alkanes) is 26. The molecule has 0 fully saturated rings. The summed E-state index contributed by atoms with van der Waals surface area (Å²) in [5.41, 5.74) is 1.27. The van der Waals surface area contributed by atoms with Crippen molar-refractivity contribution in [1.29, 1.82) is 0 Å². The summed E-state index contributed by atoms with van der Waals surface area (Å²) in [6.45, 7) is 16.3. The summed E-state index contributed by atoms with van der Waals surface area (Å²) in [6, 6.07) is 0. The maximum absolute atomic E-state index is 6.28. The van der Waals surface area contributed by atoms with Crippen molar-refractivity contribution in [3.05, 3.63) is 0 Å². The lowest BCUT2D eigenvalue weighted by atomic mass is 10.0. The van der Waals surface area contributed by atoms with Crippen molar-refractivity contribution in [2.75, 3.05) is 37.9 Å². The summed E-state index contributed by atoms with van der Waals surface area (Å²) < 4.78 is 25.1. The van der Waals surface area contributed by atoms with Gasteiger partial charge in [0, 0.05) is 49.0 Å². The van der Waals surface area contributed by atoms with Crippen molar-refractivity contribution in [2.24, 2.45) is 0 Å². The van der Waals surface area contributed by atoms with Crippen LogP contribution in [0.1, 0.15) is 247 Å². The van der Waals surface area contributed by atoms with E-state index in [1.54, 1.807) is 0 Å². The highest BCUT2D eigenvalue weighted by Crippen LogP contribution is 2.34. The average molecular weight is 836 g/mol. The van der Waals surface area contributed by atoms with Gasteiger partial charge in [0.1, 0.15) is 0 Å². The zero-order valence-electron chi connectivity index (χ0n) is 37.6. The molecule has 0 aromatic heterocycles. The Balaban J connectivity index is 4.38. The van der Waals surface area contributed by atoms with Crippen LogP contribution in [-0.4, -0.2) is 56.5 Å². The molecule has 326 valence electrons. The number of rotatable bonds is 47. The molecule has 0 saturated heterocycles. The van der Waals surface area contributed by atoms with Crippen molar-refractivity contribution in [3.8, 4) is 0 Å². The minimum atomic E-state index is -1.63. The molecule has 0 spiro atoms. The molecule has 4 nitrogen and oxygen atoms in total. The van der Waals surface area contributed by atoms with Crippen molar-refractivity contribution >= 4 is 40.2 Å². The zero-order chi connectivity index (χ0) is 39.4. The molecule has 2 atom stereocenters. The summed E-state index contributed by atoms with van der Waals surface area (Å²) in [7, 11) is 0.915. The first-order valence-electron chi connectivity index (χ1n) is 24.4. The van der Waals surface area contributed by atoms with E-state index in [0.29, 0.717) is 11.1 Å². The van der Waals surface area contributed by atoms with Gasteiger partial charge in [0.15, 0.2) is 0 Å². The predicted molar refractivity (Wildman–Crippen MR) is 252 cm³/mol. The molecular formula is C46H98O4S2Si2. The predicted octanol–water partition coefficient (Wildman–Crippen LogP) is 16.2. The highest BCUT2D eigenvalue weighted by Gasteiger charge is 2.27. The smallest absolute Gasteiger partial charge is 0.324 e. The minimum Gasteiger partial charge on any atom is -0.397 e. The van der Waals surface area contributed by atoms with Crippen molar-refractivity contribution in [2.45, 2.75) is 258 Å². The van der Waals surface area contributed by atoms with Gasteiger partial charge in [-0.05, 0) is 53.4 Å². The van der Waals surface area contributed by atoms with Crippen LogP contribution in [0.15, 0.2) is 0 Å². The molecule has 2 unspecified atom stereocenters. The number of hydrogen-bond acceptors (Lipinski definition) is 6. The molecule has 0 rings (SSSR count). The Labute approximate surface area is 352 Å². The molecule has 0 N–H and O–H groups in total. The third kappa shape index (κ3) is 37.3. The Kier molecular flexibility index (Phi) is 47.5. The lowest BCUT2D eigenvalue weighted by Gasteiger charge is -2.25. The molecule has 0 bridgehead atoms. The maximum Gasteiger partial charge on any atom is 0.324 e. The topological polar surface area (TPSA) is 36.9 Å². The van der Waals surface area contributed by atoms with Crippen LogP contribution in [-0.2, 0) is 17.7 Å². The first-order chi connectivity index (χ1) is 26.7. The van der Waals surface area contributed by atoms with E-state index in [9.17, 15) is 0 Å². The molecule has 0 aliphatic carbocycles. The lowest BCUT2D eigenvalue weighted by Crippen LogP contribution is -2.30. The molecule has 0 aliphatic heterocycles. The van der Waals surface area contributed by atoms with Crippen molar-refractivity contribution in [1.82, 2.24) is 0 Å². The van der Waals surface area contributed by atoms with Crippen LogP contribution in [0.4, 0.5) is 0 Å². The largest absolute Gasteiger partial charge is 0.397 e. The van der Waals surface area contributed by atoms with Gasteiger partial charge in [0.05, 0.1) is 0 Å². The first kappa shape index (κ1) is 55.0. The monoisotopic (exact) mass is 835 g/mol. The van der Waals surface area contributed by atoms with E-state index in [0.717, 1.165) is 26.4 Å². The highest BCUT2D eigenvalue weighted by atomic mass is 33.1. The summed E-state index contributed by atoms with van der Waals surface area (Å²) in [5, 5.41) is 0. The summed E-state index contributed by atoms with van der Waals surface area (Å²) >= 11 is 0. The molecular weight excluding hydrogens is 737 g/mol. The molecule has 54 heavy (non-hydrogen) atoms. The number of hydrogen-bond donors (Lipinski definition) is 0. The summed E-state index contributed by atoms with van der Waals surface area (Å²) in [4.78, 5) is 0. The van der Waals surface area contributed by atoms with Crippen LogP contribution >= 0.6 is 21.6 Å². The third-order valence-corrected chi connectivity index (χ3v) is 19.2. The Bertz CT molecular complexity index is 627. The molecule has 0 aliphatic rings. The average Bonchev–Trinajstić information content (AvgIpc) is 3.17. The quantitative estimate of drug-likeness (QED) is 0.0345. The van der Waals surface area contributed by atoms with Gasteiger partial charge in [-0.2, -0.15) is 0 Å². The van der Waals surface area contributed by atoms with Crippen LogP contribution in [0.25, 0.3) is 0 Å². The van der Waals surface area contributed by atoms with E-state index < -0.39 is 18.6 Å². The maximum atomic E-state index is 6.28. The van der Waals surface area contributed by atoms with Gasteiger partial charge in [-0.3, -0.25) is 0 Å². The second-order valence-electron chi connectivity index (χ2n) is 16.1. The van der Waals surface area contributed by atoms with Crippen LogP contribution < -0.4 is 0 Å². The van der Waals surface area contributed by atoms with Gasteiger partial charge in [-0.15, -0.1) is 0 Å². The molecule has 0 aromatic carbocycles. The summed E-state index contributed by atoms with van der Waals surface area (Å²) in [5.74, 6) is 2.41. The van der Waals surface area contributed by atoms with Crippen molar-refractivity contribution < 1.29 is 17.7 Å². The normalized spacial score (nSPS) is 13.1. The fourth-order valence-electron chi connectivity index (χ4n) is 7.85. The van der Waals surface area contributed by atoms with Crippen LogP contribution in [0.2, 0.25) is 11.1 Å². The minimum absolute atomic E-state index is 0.635. The molecule has 0 aromatic rings. The van der Waals surface area contributed by atoms with Crippen LogP contribution in [0.5, 0.6) is 0 Å². The van der Waals surface area contributed by atoms with E-state index >= 15 is 0 Å². The van der Waals surface area contributed by atoms with Crippen LogP contribution in [0.3, 0.4) is 0 Å². The van der Waals surface area contributed by atoms with Gasteiger partial charge >= 0.3 is 18.6 Å². The van der Waals surface area contributed by atoms with E-state index in [2.05, 4.69) is 63.1 Å². The Morgan fingerprint density at radius 1 is 0.296 bits per heavy atom. The van der Waals surface area contributed by atoms with E-state index in [-0.39, 0.29) is 0 Å². The van der Waals surface area contributed by atoms with E-state index in [1.807, 2.05) is 0 Å². The Morgan fingerprint density at radius 3 is 0.741 bits per heavy atom. The Morgan fingerprint density at radius 2 is 0.519 bits per heavy atom. The van der Waals surface area contributed by atoms with Crippen molar-refractivity contribution in [3.63, 3.8) is 0 Å². The van der Waals surface area contributed by atoms with Gasteiger partial charge < -0.3 is 17.7 Å². The van der Waals surface area contributed by atoms with E-state index in [4.69, 9.17) is 17.7 Å². The molecule has 0 heterocycles. The fourth-order valence-corrected chi connectivity index (χ4v) is 15.1. The molecule has 8 heteroatoms. The lowest BCUT2D eigenvalue weighted by molar-refractivity contribution is 0.200.